The Balaban J connectivity index is 0.000000489. The molecule has 3 unspecified atom stereocenters. The van der Waals surface area contributed by atoms with Gasteiger partial charge >= 0.3 is 28.5 Å². The minimum atomic E-state index is -1.45. The van der Waals surface area contributed by atoms with Crippen LogP contribution in [0.15, 0.2) is 0 Å². The van der Waals surface area contributed by atoms with Crippen LogP contribution in [0.25, 0.3) is 5.73 Å². The van der Waals surface area contributed by atoms with Gasteiger partial charge in [-0.1, -0.05) is 115 Å². The van der Waals surface area contributed by atoms with E-state index in [9.17, 15) is 0 Å². The highest BCUT2D eigenvalue weighted by atomic mass is 35.5. The van der Waals surface area contributed by atoms with Gasteiger partial charge in [-0.15, -0.1) is 18.3 Å². The first-order chi connectivity index (χ1) is 32.5. The molecule has 12 fully saturated rings. The Kier molecular flexibility index (Phi) is 27.5. The van der Waals surface area contributed by atoms with Crippen LogP contribution >= 0.6 is 12.4 Å². The third kappa shape index (κ3) is 15.8. The fraction of sp³-hybridized carbons (Fsp3) is 1.00. The van der Waals surface area contributed by atoms with E-state index in [0.717, 1.165) is 56.3 Å². The summed E-state index contributed by atoms with van der Waals surface area (Å²) in [7, 11) is 27.7. The molecule has 0 spiro atoms. The maximum atomic E-state index is 7.98. The third-order valence-electron chi connectivity index (χ3n) is 18.5. The lowest BCUT2D eigenvalue weighted by Crippen LogP contribution is -2.67. The lowest BCUT2D eigenvalue weighted by molar-refractivity contribution is -0.185. The highest BCUT2D eigenvalue weighted by Crippen LogP contribution is 2.67. The summed E-state index contributed by atoms with van der Waals surface area (Å²) >= 11 is 0. The number of hydrogen-bond donors (Lipinski definition) is 2. The fourth-order valence-corrected chi connectivity index (χ4v) is 25.1. The lowest BCUT2D eigenvalue weighted by atomic mass is 9.08. The van der Waals surface area contributed by atoms with Crippen LogP contribution in [0.4, 0.5) is 0 Å². The Morgan fingerprint density at radius 1 is 0.630 bits per heavy atom. The third-order valence-corrected chi connectivity index (χ3v) is 26.1. The largest absolute Gasteiger partial charge is 0.677 e. The molecule has 10 nitrogen and oxygen atoms in total. The molecule has 6 bridgehead atoms. The molecule has 12 aliphatic rings. The van der Waals surface area contributed by atoms with E-state index in [4.69, 9.17) is 43.7 Å². The zero-order valence-electron chi connectivity index (χ0n) is 49.2. The van der Waals surface area contributed by atoms with E-state index in [0.29, 0.717) is 46.4 Å². The van der Waals surface area contributed by atoms with Crippen molar-refractivity contribution >= 4 is 133 Å². The van der Waals surface area contributed by atoms with E-state index in [1.165, 1.54) is 32.1 Å². The van der Waals surface area contributed by atoms with Crippen LogP contribution < -0.4 is 0 Å². The average Bonchev–Trinajstić information content (AvgIpc) is 3.95. The molecule has 0 amide bonds. The first-order valence-corrected chi connectivity index (χ1v) is 34.1. The molecule has 3 saturated heterocycles. The molecule has 3 N–H and O–H groups in total. The normalized spacial score (nSPS) is 36.1. The molecule has 3 aliphatic heterocycles. The Hall–Kier alpha value is 1.23. The molecule has 27 heteroatoms. The highest BCUT2D eigenvalue weighted by Gasteiger charge is 2.69. The Labute approximate surface area is 470 Å². The van der Waals surface area contributed by atoms with Crippen molar-refractivity contribution in [3.8, 4) is 0 Å². The van der Waals surface area contributed by atoms with Gasteiger partial charge in [0.25, 0.3) is 0 Å². The SMILES string of the molecule is CCB(O)O.CCB1O[C@H]2C3C[C@@H](C[C@@]2(C)O1)C3(C)C.CC[C@@H](B1O[C@H]2[C@H]3CC(C[C@@]2(C)O1)C3(C)C)N([Si](C)(C)C)[Si](C)(C)C.CC[C@@H]([NH-])B1O[C@H]2[C@H]3CC(C[C@@]2(C)O1)C3(C)C.Cl.[B].[B]B([B])[B].[B][B].[B][B][B]. The number of nitrogens with zero attached hydrogens (tertiary/aromatic N) is 1. The standard InChI is InChI=1S/C19H40BNO2Si2.C13H23BNO2.C12H21BO2.C2H7BO2.B4.B3.B2.B.ClH/c1-11-16(21(24(5,6)7)25(8,9)10)20-22-17-15-12-14(18(15,2)3)13-19(17,4)23-20;1-5-10(15)14-16-11-9-6-8(12(9,2)3)7-13(11,4)17-14;1-5-13-14-10-9-6-8(11(9,2)3)7-12(10,4)15-13;1-2-3(4)5;1-4(2)3;1-3-2;1-2;;/h14-17H,11-13H2,1-10H3;8-11,15H,5-7H2,1-4H3;8-10H,5-7H2,1-4H3;4-5H,2H2,1H3;;;;;1H/q;-1;;;;;;;/t14?,15-,16+,17+,19-;8?,9-,10-,11+,13-;8-,9?,10-,12+;;;;;;/m110....../s1. The van der Waals surface area contributed by atoms with Crippen LogP contribution in [-0.4, -0.2) is 182 Å². The van der Waals surface area contributed by atoms with Crippen molar-refractivity contribution in [2.75, 3.05) is 0 Å². The molecule has 3 heterocycles. The van der Waals surface area contributed by atoms with Crippen molar-refractivity contribution < 1.29 is 38.0 Å². The zero-order valence-corrected chi connectivity index (χ0v) is 52.0. The maximum absolute atomic E-state index is 7.98. The van der Waals surface area contributed by atoms with E-state index >= 15 is 0 Å². The van der Waals surface area contributed by atoms with Gasteiger partial charge in [-0.25, -0.2) is 0 Å². The van der Waals surface area contributed by atoms with Crippen LogP contribution in [-0.2, 0) is 27.9 Å². The van der Waals surface area contributed by atoms with Crippen molar-refractivity contribution in [2.24, 2.45) is 51.8 Å². The number of rotatable bonds is 9. The molecule has 18 radical (unpaired) electrons. The zero-order chi connectivity index (χ0) is 54.8. The van der Waals surface area contributed by atoms with Crippen molar-refractivity contribution in [3.63, 3.8) is 0 Å². The summed E-state index contributed by atoms with van der Waals surface area (Å²) in [5, 5.41) is 15.8. The van der Waals surface area contributed by atoms with Crippen molar-refractivity contribution in [2.45, 2.75) is 240 Å². The van der Waals surface area contributed by atoms with E-state index < -0.39 is 30.0 Å². The summed E-state index contributed by atoms with van der Waals surface area (Å²) < 4.78 is 40.7. The minimum Gasteiger partial charge on any atom is -0.677 e. The maximum Gasteiger partial charge on any atom is 0.474 e. The second kappa shape index (κ2) is 27.8. The molecular weight excluding hydrogens is 952 g/mol. The highest BCUT2D eigenvalue weighted by molar-refractivity contribution is 7.49. The van der Waals surface area contributed by atoms with Gasteiger partial charge in [-0.2, -0.15) is 0 Å². The molecule has 0 aromatic heterocycles. The summed E-state index contributed by atoms with van der Waals surface area (Å²) in [5.74, 6) is 4.62. The molecule has 9 saturated carbocycles. The minimum absolute atomic E-state index is 0. The van der Waals surface area contributed by atoms with Gasteiger partial charge in [0.15, 0.2) is 0 Å². The fourth-order valence-electron chi connectivity index (χ4n) is 14.5. The van der Waals surface area contributed by atoms with Crippen molar-refractivity contribution in [1.29, 1.82) is 0 Å². The van der Waals surface area contributed by atoms with Gasteiger partial charge in [-0.3, -0.25) is 0 Å². The molecule has 392 valence electrons. The van der Waals surface area contributed by atoms with Gasteiger partial charge in [-0.05, 0) is 130 Å². The molecule has 0 aromatic rings. The molecule has 12 rings (SSSR count). The monoisotopic (exact) mass is 1050 g/mol. The summed E-state index contributed by atoms with van der Waals surface area (Å²) in [6, 6.07) is 0. The van der Waals surface area contributed by atoms with Gasteiger partial charge < -0.3 is 47.9 Å². The number of halogens is 1. The van der Waals surface area contributed by atoms with Crippen LogP contribution in [0.3, 0.4) is 0 Å². The summed E-state index contributed by atoms with van der Waals surface area (Å²) in [6.45, 7) is 44.2. The quantitative estimate of drug-likeness (QED) is 0.237. The van der Waals surface area contributed by atoms with Gasteiger partial charge in [0.2, 0.25) is 0 Å². The Morgan fingerprint density at radius 2 is 0.932 bits per heavy atom. The Morgan fingerprint density at radius 3 is 1.21 bits per heavy atom. The molecule has 9 aliphatic carbocycles. The number of nitrogens with one attached hydrogen (secondary N) is 1. The van der Waals surface area contributed by atoms with E-state index in [-0.39, 0.29) is 77.1 Å². The summed E-state index contributed by atoms with van der Waals surface area (Å²) in [6.07, 6.45) is 10.9. The summed E-state index contributed by atoms with van der Waals surface area (Å²) in [5.41, 5.74) is 9.14. The van der Waals surface area contributed by atoms with Gasteiger partial charge in [0.1, 0.15) is 16.5 Å². The molecule has 73 heavy (non-hydrogen) atoms. The molecule has 14 atom stereocenters. The second-order valence-corrected chi connectivity index (χ2v) is 36.7. The first-order valence-electron chi connectivity index (χ1n) is 27.2. The predicted molar refractivity (Wildman–Crippen MR) is 327 cm³/mol. The van der Waals surface area contributed by atoms with Crippen LogP contribution in [0, 0.1) is 51.8 Å². The van der Waals surface area contributed by atoms with E-state index in [1.54, 1.807) is 6.92 Å². The van der Waals surface area contributed by atoms with E-state index in [1.807, 2.05) is 6.92 Å². The van der Waals surface area contributed by atoms with Crippen molar-refractivity contribution in [3.05, 3.63) is 5.73 Å². The van der Waals surface area contributed by atoms with Crippen molar-refractivity contribution in [1.82, 2.24) is 4.23 Å². The lowest BCUT2D eigenvalue weighted by Gasteiger charge is -2.63. The first kappa shape index (κ1) is 72.2. The van der Waals surface area contributed by atoms with Crippen LogP contribution in [0.2, 0.25) is 51.9 Å². The van der Waals surface area contributed by atoms with Crippen LogP contribution in [0.1, 0.15) is 141 Å². The van der Waals surface area contributed by atoms with Gasteiger partial charge in [0.05, 0.1) is 35.1 Å². The Bertz CT molecular complexity index is 1660. The average molecular weight is 1040 g/mol. The smallest absolute Gasteiger partial charge is 0.474 e. The summed E-state index contributed by atoms with van der Waals surface area (Å²) in [4.78, 5) is 0. The van der Waals surface area contributed by atoms with Crippen LogP contribution in [0.5, 0.6) is 0 Å². The van der Waals surface area contributed by atoms with Gasteiger partial charge in [0, 0.05) is 82.0 Å². The topological polar surface area (TPSA) is 123 Å². The predicted octanol–water partition coefficient (Wildman–Crippen LogP) is 6.92. The molecular formula is C46H92B14ClN2O8Si2-. The molecule has 0 aromatic carbocycles. The number of hydrogen-bond acceptors (Lipinski definition) is 9. The second-order valence-electron chi connectivity index (χ2n) is 26.6. The van der Waals surface area contributed by atoms with E-state index in [2.05, 4.69) is 174 Å².